The van der Waals surface area contributed by atoms with Crippen molar-refractivity contribution in [2.45, 2.75) is 53.2 Å². The zero-order valence-electron chi connectivity index (χ0n) is 14.3. The quantitative estimate of drug-likeness (QED) is 0.917. The molecule has 1 atom stereocenters. The average Bonchev–Trinajstić information content (AvgIpc) is 2.73. The normalized spacial score (nSPS) is 20.5. The van der Waals surface area contributed by atoms with E-state index in [1.54, 1.807) is 20.8 Å². The Morgan fingerprint density at radius 1 is 1.52 bits per heavy atom. The summed E-state index contributed by atoms with van der Waals surface area (Å²) in [5, 5.41) is 6.89. The van der Waals surface area contributed by atoms with Crippen molar-refractivity contribution in [1.82, 2.24) is 9.78 Å². The molecule has 1 aromatic heterocycles. The van der Waals surface area contributed by atoms with Crippen molar-refractivity contribution in [2.24, 2.45) is 11.3 Å². The molecule has 0 bridgehead atoms. The van der Waals surface area contributed by atoms with Gasteiger partial charge < -0.3 is 10.1 Å². The van der Waals surface area contributed by atoms with Crippen molar-refractivity contribution in [2.75, 3.05) is 11.9 Å². The number of halogens is 1. The lowest BCUT2D eigenvalue weighted by molar-refractivity contribution is -0.123. The maximum atomic E-state index is 12.5. The van der Waals surface area contributed by atoms with E-state index in [9.17, 15) is 9.59 Å². The van der Waals surface area contributed by atoms with Gasteiger partial charge in [0.1, 0.15) is 5.69 Å². The van der Waals surface area contributed by atoms with Gasteiger partial charge in [-0.2, -0.15) is 5.10 Å². The molecule has 1 fully saturated rings. The highest BCUT2D eigenvalue weighted by Gasteiger charge is 2.32. The number of ether oxygens (including phenoxy) is 1. The lowest BCUT2D eigenvalue weighted by atomic mass is 9.95. The van der Waals surface area contributed by atoms with Crippen molar-refractivity contribution in [3.05, 3.63) is 21.6 Å². The van der Waals surface area contributed by atoms with Gasteiger partial charge in [0.05, 0.1) is 18.8 Å². The summed E-state index contributed by atoms with van der Waals surface area (Å²) in [7, 11) is 0. The van der Waals surface area contributed by atoms with Crippen molar-refractivity contribution < 1.29 is 9.53 Å². The van der Waals surface area contributed by atoms with E-state index in [0.29, 0.717) is 13.2 Å². The molecule has 7 heteroatoms. The number of anilines is 1. The van der Waals surface area contributed by atoms with Crippen molar-refractivity contribution >= 4 is 23.2 Å². The number of nitrogens with zero attached hydrogens (tertiary/aromatic N) is 2. The maximum Gasteiger partial charge on any atom is 0.290 e. The van der Waals surface area contributed by atoms with Gasteiger partial charge in [-0.3, -0.25) is 9.59 Å². The molecule has 2 rings (SSSR count). The van der Waals surface area contributed by atoms with Gasteiger partial charge in [0.15, 0.2) is 5.15 Å². The third-order valence-corrected chi connectivity index (χ3v) is 3.98. The maximum absolute atomic E-state index is 12.5. The SMILES string of the molecule is CC1(C)CC(Cn2nc(Cl)cc(NC(=O)C(C)(C)C)c2=O)CO1. The molecule has 1 aromatic rings. The molecule has 1 amide bonds. The van der Waals surface area contributed by atoms with Crippen LogP contribution in [0.3, 0.4) is 0 Å². The van der Waals surface area contributed by atoms with Gasteiger partial charge in [-0.15, -0.1) is 0 Å². The fourth-order valence-electron chi connectivity index (χ4n) is 2.55. The van der Waals surface area contributed by atoms with E-state index in [1.807, 2.05) is 13.8 Å². The van der Waals surface area contributed by atoms with Crippen LogP contribution in [0.5, 0.6) is 0 Å². The van der Waals surface area contributed by atoms with E-state index in [0.717, 1.165) is 6.42 Å². The zero-order valence-corrected chi connectivity index (χ0v) is 15.0. The molecule has 1 aliphatic rings. The van der Waals surface area contributed by atoms with E-state index in [-0.39, 0.29) is 33.8 Å². The van der Waals surface area contributed by atoms with Crippen LogP contribution in [0.15, 0.2) is 10.9 Å². The predicted octanol–water partition coefficient (Wildman–Crippen LogP) is 2.70. The number of hydrogen-bond acceptors (Lipinski definition) is 4. The second-order valence-corrected chi connectivity index (χ2v) is 8.10. The van der Waals surface area contributed by atoms with Crippen molar-refractivity contribution in [3.63, 3.8) is 0 Å². The number of carbonyl (C=O) groups is 1. The molecule has 6 nitrogen and oxygen atoms in total. The Bertz CT molecular complexity index is 662. The minimum absolute atomic E-state index is 0.156. The van der Waals surface area contributed by atoms with Gasteiger partial charge in [0.25, 0.3) is 5.56 Å². The van der Waals surface area contributed by atoms with Crippen LogP contribution >= 0.6 is 11.6 Å². The Morgan fingerprint density at radius 3 is 2.70 bits per heavy atom. The zero-order chi connectivity index (χ0) is 17.4. The Hall–Kier alpha value is -1.40. The van der Waals surface area contributed by atoms with Crippen molar-refractivity contribution in [3.8, 4) is 0 Å². The topological polar surface area (TPSA) is 73.2 Å². The monoisotopic (exact) mass is 341 g/mol. The number of amides is 1. The Morgan fingerprint density at radius 2 is 2.17 bits per heavy atom. The summed E-state index contributed by atoms with van der Waals surface area (Å²) in [5.41, 5.74) is -0.980. The van der Waals surface area contributed by atoms with Crippen molar-refractivity contribution in [1.29, 1.82) is 0 Å². The first-order chi connectivity index (χ1) is 10.5. The molecular weight excluding hydrogens is 318 g/mol. The number of hydrogen-bond donors (Lipinski definition) is 1. The number of rotatable bonds is 3. The Labute approximate surface area is 141 Å². The van der Waals surface area contributed by atoms with Crippen LogP contribution < -0.4 is 10.9 Å². The average molecular weight is 342 g/mol. The summed E-state index contributed by atoms with van der Waals surface area (Å²) in [6, 6.07) is 1.39. The molecule has 23 heavy (non-hydrogen) atoms. The molecule has 1 N–H and O–H groups in total. The first-order valence-electron chi connectivity index (χ1n) is 7.71. The van der Waals surface area contributed by atoms with E-state index in [4.69, 9.17) is 16.3 Å². The van der Waals surface area contributed by atoms with Crippen LogP contribution in [0.2, 0.25) is 5.15 Å². The van der Waals surface area contributed by atoms with E-state index in [1.165, 1.54) is 10.7 Å². The van der Waals surface area contributed by atoms with Gasteiger partial charge in [0, 0.05) is 17.4 Å². The number of aromatic nitrogens is 2. The molecule has 1 saturated heterocycles. The molecule has 0 aromatic carbocycles. The minimum atomic E-state index is -0.601. The lowest BCUT2D eigenvalue weighted by Gasteiger charge is -2.18. The second kappa shape index (κ2) is 6.24. The van der Waals surface area contributed by atoms with Gasteiger partial charge in [0.2, 0.25) is 5.91 Å². The van der Waals surface area contributed by atoms with E-state index < -0.39 is 5.41 Å². The standard InChI is InChI=1S/C16H24ClN3O3/c1-15(2,3)14(22)18-11-6-12(17)19-20(13(11)21)8-10-7-16(4,5)23-9-10/h6,10H,7-9H2,1-5H3,(H,18,22). The van der Waals surface area contributed by atoms with Gasteiger partial charge in [-0.05, 0) is 20.3 Å². The van der Waals surface area contributed by atoms with Crippen LogP contribution in [-0.2, 0) is 16.1 Å². The Kier molecular flexibility index (Phi) is 4.87. The summed E-state index contributed by atoms with van der Waals surface area (Å²) in [5.74, 6) is -0.0476. The van der Waals surface area contributed by atoms with Crippen LogP contribution in [0.25, 0.3) is 0 Å². The van der Waals surface area contributed by atoms with Gasteiger partial charge in [-0.1, -0.05) is 32.4 Å². The van der Waals surface area contributed by atoms with E-state index >= 15 is 0 Å². The van der Waals surface area contributed by atoms with Crippen LogP contribution in [0.1, 0.15) is 41.0 Å². The van der Waals surface area contributed by atoms with Gasteiger partial charge >= 0.3 is 0 Å². The molecule has 128 valence electrons. The molecule has 0 radical (unpaired) electrons. The summed E-state index contributed by atoms with van der Waals surface area (Å²) < 4.78 is 7.00. The number of nitrogens with one attached hydrogen (secondary N) is 1. The third-order valence-electron chi connectivity index (χ3n) is 3.80. The fourth-order valence-corrected chi connectivity index (χ4v) is 2.75. The molecule has 0 spiro atoms. The first kappa shape index (κ1) is 17.9. The van der Waals surface area contributed by atoms with Crippen LogP contribution in [-0.4, -0.2) is 27.9 Å². The molecule has 0 aliphatic carbocycles. The number of carbonyl (C=O) groups excluding carboxylic acids is 1. The highest BCUT2D eigenvalue weighted by Crippen LogP contribution is 2.29. The van der Waals surface area contributed by atoms with Gasteiger partial charge in [-0.25, -0.2) is 4.68 Å². The second-order valence-electron chi connectivity index (χ2n) is 7.71. The minimum Gasteiger partial charge on any atom is -0.375 e. The first-order valence-corrected chi connectivity index (χ1v) is 8.09. The summed E-state index contributed by atoms with van der Waals surface area (Å²) in [6.45, 7) is 10.4. The summed E-state index contributed by atoms with van der Waals surface area (Å²) in [6.07, 6.45) is 0.845. The molecular formula is C16H24ClN3O3. The molecule has 1 aliphatic heterocycles. The van der Waals surface area contributed by atoms with Crippen LogP contribution in [0, 0.1) is 11.3 Å². The highest BCUT2D eigenvalue weighted by atomic mass is 35.5. The Balaban J connectivity index is 2.22. The lowest BCUT2D eigenvalue weighted by Crippen LogP contribution is -2.34. The predicted molar refractivity (Wildman–Crippen MR) is 89.7 cm³/mol. The fraction of sp³-hybridized carbons (Fsp3) is 0.688. The molecule has 2 heterocycles. The summed E-state index contributed by atoms with van der Waals surface area (Å²) in [4.78, 5) is 24.6. The smallest absolute Gasteiger partial charge is 0.290 e. The molecule has 1 unspecified atom stereocenters. The van der Waals surface area contributed by atoms with E-state index in [2.05, 4.69) is 10.4 Å². The highest BCUT2D eigenvalue weighted by molar-refractivity contribution is 6.29. The summed E-state index contributed by atoms with van der Waals surface area (Å²) >= 11 is 6.01. The largest absolute Gasteiger partial charge is 0.375 e. The van der Waals surface area contributed by atoms with Crippen LogP contribution in [0.4, 0.5) is 5.69 Å². The third kappa shape index (κ3) is 4.54. The molecule has 0 saturated carbocycles.